The molecule has 0 heterocycles. The van der Waals surface area contributed by atoms with Gasteiger partial charge in [0.05, 0.1) is 16.2 Å². The number of nitro benzene ring substituents is 1. The highest BCUT2D eigenvalue weighted by atomic mass is 16.6. The van der Waals surface area contributed by atoms with Crippen LogP contribution < -0.4 is 5.32 Å². The highest BCUT2D eigenvalue weighted by Gasteiger charge is 2.26. The molecular weight excluding hydrogens is 270 g/mol. The van der Waals surface area contributed by atoms with E-state index >= 15 is 0 Å². The van der Waals surface area contributed by atoms with Crippen LogP contribution in [0.25, 0.3) is 6.08 Å². The van der Waals surface area contributed by atoms with Crippen molar-refractivity contribution in [3.05, 3.63) is 40.1 Å². The van der Waals surface area contributed by atoms with E-state index in [4.69, 9.17) is 0 Å². The van der Waals surface area contributed by atoms with Crippen LogP contribution in [0, 0.1) is 16.0 Å². The normalized spacial score (nSPS) is 14.8. The zero-order valence-corrected chi connectivity index (χ0v) is 12.2. The Hall–Kier alpha value is -2.37. The molecule has 0 unspecified atom stereocenters. The van der Waals surface area contributed by atoms with Gasteiger partial charge in [0.25, 0.3) is 5.69 Å². The van der Waals surface area contributed by atoms with Gasteiger partial charge in [-0.3, -0.25) is 14.9 Å². The molecule has 0 aliphatic heterocycles. The van der Waals surface area contributed by atoms with Gasteiger partial charge >= 0.3 is 0 Å². The smallest absolute Gasteiger partial charge is 0.278 e. The summed E-state index contributed by atoms with van der Waals surface area (Å²) in [7, 11) is 3.66. The van der Waals surface area contributed by atoms with Crippen molar-refractivity contribution in [2.24, 2.45) is 5.92 Å². The minimum Gasteiger partial charge on any atom is -0.383 e. The number of rotatable bonds is 5. The topological polar surface area (TPSA) is 75.5 Å². The second kappa shape index (κ2) is 6.39. The molecule has 1 fully saturated rings. The molecule has 6 nitrogen and oxygen atoms in total. The average Bonchev–Trinajstić information content (AvgIpc) is 2.34. The van der Waals surface area contributed by atoms with Gasteiger partial charge in [-0.25, -0.2) is 0 Å². The second-order valence-corrected chi connectivity index (χ2v) is 5.39. The number of carbonyl (C=O) groups excluding carboxylic acids is 1. The molecule has 0 atom stereocenters. The highest BCUT2D eigenvalue weighted by molar-refractivity contribution is 5.96. The number of anilines is 1. The van der Waals surface area contributed by atoms with Gasteiger partial charge in [0.15, 0.2) is 0 Å². The summed E-state index contributed by atoms with van der Waals surface area (Å²) in [5, 5.41) is 14.0. The van der Waals surface area contributed by atoms with E-state index in [1.165, 1.54) is 6.07 Å². The summed E-state index contributed by atoms with van der Waals surface area (Å²) in [6, 6.07) is 4.72. The molecule has 0 aromatic heterocycles. The Morgan fingerprint density at radius 2 is 2.14 bits per heavy atom. The van der Waals surface area contributed by atoms with E-state index in [1.54, 1.807) is 29.3 Å². The third kappa shape index (κ3) is 3.59. The van der Waals surface area contributed by atoms with Gasteiger partial charge in [0.1, 0.15) is 0 Å². The Morgan fingerprint density at radius 1 is 1.43 bits per heavy atom. The number of hydrogen-bond acceptors (Lipinski definition) is 4. The van der Waals surface area contributed by atoms with Crippen LogP contribution in [0.15, 0.2) is 24.4 Å². The van der Waals surface area contributed by atoms with Gasteiger partial charge in [0.2, 0.25) is 5.91 Å². The van der Waals surface area contributed by atoms with Crippen LogP contribution in [-0.4, -0.2) is 29.8 Å². The van der Waals surface area contributed by atoms with E-state index in [0.29, 0.717) is 11.3 Å². The molecule has 0 bridgehead atoms. The van der Waals surface area contributed by atoms with Gasteiger partial charge in [-0.1, -0.05) is 12.5 Å². The van der Waals surface area contributed by atoms with Crippen LogP contribution in [0.3, 0.4) is 0 Å². The zero-order valence-electron chi connectivity index (χ0n) is 12.2. The molecule has 1 N–H and O–H groups in total. The van der Waals surface area contributed by atoms with Crippen molar-refractivity contribution in [3.63, 3.8) is 0 Å². The number of amides is 1. The molecule has 0 radical (unpaired) electrons. The lowest BCUT2D eigenvalue weighted by Crippen LogP contribution is -2.28. The second-order valence-electron chi connectivity index (χ2n) is 5.39. The molecule has 1 aliphatic carbocycles. The first-order valence-electron chi connectivity index (χ1n) is 6.92. The van der Waals surface area contributed by atoms with Gasteiger partial charge in [-0.2, -0.15) is 0 Å². The molecule has 2 rings (SSSR count). The minimum absolute atomic E-state index is 0.0143. The number of benzene rings is 1. The molecule has 112 valence electrons. The van der Waals surface area contributed by atoms with E-state index in [9.17, 15) is 14.9 Å². The van der Waals surface area contributed by atoms with Crippen molar-refractivity contribution in [1.29, 1.82) is 0 Å². The fraction of sp³-hybridized carbons (Fsp3) is 0.400. The molecular formula is C15H19N3O3. The maximum Gasteiger partial charge on any atom is 0.278 e. The molecule has 1 saturated carbocycles. The van der Waals surface area contributed by atoms with Crippen molar-refractivity contribution in [2.75, 3.05) is 19.4 Å². The van der Waals surface area contributed by atoms with Gasteiger partial charge in [0, 0.05) is 26.1 Å². The molecule has 0 saturated heterocycles. The van der Waals surface area contributed by atoms with E-state index in [0.717, 1.165) is 19.3 Å². The maximum absolute atomic E-state index is 12.1. The van der Waals surface area contributed by atoms with Crippen LogP contribution in [0.2, 0.25) is 0 Å². The van der Waals surface area contributed by atoms with Gasteiger partial charge in [-0.15, -0.1) is 0 Å². The SMILES string of the molecule is CN(C)/C=C/c1c(NC(=O)C2CCC2)cccc1[N+](=O)[O-]. The van der Waals surface area contributed by atoms with Crippen molar-refractivity contribution in [3.8, 4) is 0 Å². The number of nitrogens with zero attached hydrogens (tertiary/aromatic N) is 2. The lowest BCUT2D eigenvalue weighted by atomic mass is 9.84. The monoisotopic (exact) mass is 289 g/mol. The van der Waals surface area contributed by atoms with Crippen molar-refractivity contribution in [2.45, 2.75) is 19.3 Å². The quantitative estimate of drug-likeness (QED) is 0.668. The highest BCUT2D eigenvalue weighted by Crippen LogP contribution is 2.31. The van der Waals surface area contributed by atoms with Crippen LogP contribution in [0.1, 0.15) is 24.8 Å². The fourth-order valence-corrected chi connectivity index (χ4v) is 2.13. The van der Waals surface area contributed by atoms with Crippen LogP contribution in [0.5, 0.6) is 0 Å². The average molecular weight is 289 g/mol. The van der Waals surface area contributed by atoms with E-state index in [1.807, 2.05) is 14.1 Å². The Balaban J connectivity index is 2.31. The lowest BCUT2D eigenvalue weighted by Gasteiger charge is -2.24. The predicted octanol–water partition coefficient (Wildman–Crippen LogP) is 2.87. The molecule has 1 aliphatic rings. The molecule has 1 aromatic rings. The largest absolute Gasteiger partial charge is 0.383 e. The van der Waals surface area contributed by atoms with Crippen molar-refractivity contribution >= 4 is 23.4 Å². The van der Waals surface area contributed by atoms with E-state index in [-0.39, 0.29) is 17.5 Å². The molecule has 1 aromatic carbocycles. The lowest BCUT2D eigenvalue weighted by molar-refractivity contribution is -0.385. The summed E-state index contributed by atoms with van der Waals surface area (Å²) in [4.78, 5) is 24.6. The fourth-order valence-electron chi connectivity index (χ4n) is 2.13. The third-order valence-electron chi connectivity index (χ3n) is 3.55. The number of nitro groups is 1. The Morgan fingerprint density at radius 3 is 2.67 bits per heavy atom. The zero-order chi connectivity index (χ0) is 15.4. The summed E-state index contributed by atoms with van der Waals surface area (Å²) in [5.74, 6) is -0.0174. The molecule has 1 amide bonds. The van der Waals surface area contributed by atoms with Crippen LogP contribution in [-0.2, 0) is 4.79 Å². The molecule has 6 heteroatoms. The van der Waals surface area contributed by atoms with Crippen molar-refractivity contribution in [1.82, 2.24) is 4.90 Å². The van der Waals surface area contributed by atoms with Gasteiger partial charge in [-0.05, 0) is 31.2 Å². The number of nitrogens with one attached hydrogen (secondary N) is 1. The van der Waals surface area contributed by atoms with E-state index < -0.39 is 4.92 Å². The first kappa shape index (κ1) is 15.0. The summed E-state index contributed by atoms with van der Waals surface area (Å²) < 4.78 is 0. The third-order valence-corrected chi connectivity index (χ3v) is 3.55. The summed E-state index contributed by atoms with van der Waals surface area (Å²) in [5.41, 5.74) is 0.891. The van der Waals surface area contributed by atoms with Crippen LogP contribution >= 0.6 is 0 Å². The number of hydrogen-bond donors (Lipinski definition) is 1. The first-order chi connectivity index (χ1) is 9.99. The Labute approximate surface area is 123 Å². The maximum atomic E-state index is 12.1. The Kier molecular flexibility index (Phi) is 4.57. The summed E-state index contributed by atoms with van der Waals surface area (Å²) >= 11 is 0. The minimum atomic E-state index is -0.436. The van der Waals surface area contributed by atoms with Crippen LogP contribution in [0.4, 0.5) is 11.4 Å². The summed E-state index contributed by atoms with van der Waals surface area (Å²) in [6.45, 7) is 0. The van der Waals surface area contributed by atoms with Crippen molar-refractivity contribution < 1.29 is 9.72 Å². The van der Waals surface area contributed by atoms with E-state index in [2.05, 4.69) is 5.32 Å². The first-order valence-corrected chi connectivity index (χ1v) is 6.92. The molecule has 0 spiro atoms. The number of carbonyl (C=O) groups is 1. The standard InChI is InChI=1S/C15H19N3O3/c1-17(2)10-9-12-13(7-4-8-14(12)18(20)21)16-15(19)11-5-3-6-11/h4,7-11H,3,5-6H2,1-2H3,(H,16,19)/b10-9+. The van der Waals surface area contributed by atoms with Gasteiger partial charge < -0.3 is 10.2 Å². The summed E-state index contributed by atoms with van der Waals surface area (Å²) in [6.07, 6.45) is 6.23. The predicted molar refractivity (Wildman–Crippen MR) is 81.8 cm³/mol. The molecule has 21 heavy (non-hydrogen) atoms. The Bertz CT molecular complexity index is 578.